The van der Waals surface area contributed by atoms with E-state index in [0.29, 0.717) is 22.6 Å². The normalized spacial score (nSPS) is 13.0. The number of fused-ring (bicyclic) bond motifs is 1. The summed E-state index contributed by atoms with van der Waals surface area (Å²) in [6.45, 7) is 2.25. The van der Waals surface area contributed by atoms with E-state index < -0.39 is 5.82 Å². The Morgan fingerprint density at radius 3 is 2.52 bits per heavy atom. The van der Waals surface area contributed by atoms with Gasteiger partial charge < -0.3 is 4.90 Å². The predicted molar refractivity (Wildman–Crippen MR) is 88.4 cm³/mol. The molecule has 1 aromatic heterocycles. The van der Waals surface area contributed by atoms with E-state index in [1.165, 1.54) is 33.7 Å². The molecular formula is C18H18FN3O3. The van der Waals surface area contributed by atoms with Crippen molar-refractivity contribution in [2.75, 3.05) is 0 Å². The fraction of sp³-hybridized carbons (Fsp3) is 0.333. The highest BCUT2D eigenvalue weighted by molar-refractivity contribution is 5.97. The standard InChI is InChI=1S/C18H18FN3O3/c1-11-20-15-10-22(9-14(15)18(25)21(11)2)17(24)8-7-16(23)12-3-5-13(19)6-4-12/h3-6H,7-10H2,1-2H3. The van der Waals surface area contributed by atoms with Crippen molar-refractivity contribution in [2.24, 2.45) is 7.05 Å². The zero-order valence-corrected chi connectivity index (χ0v) is 14.1. The van der Waals surface area contributed by atoms with Crippen molar-refractivity contribution in [1.29, 1.82) is 0 Å². The average molecular weight is 343 g/mol. The molecule has 0 unspecified atom stereocenters. The van der Waals surface area contributed by atoms with Crippen LogP contribution in [0.4, 0.5) is 4.39 Å². The molecule has 2 heterocycles. The Bertz CT molecular complexity index is 903. The Labute approximate surface area is 143 Å². The van der Waals surface area contributed by atoms with E-state index in [1.807, 2.05) is 0 Å². The molecule has 0 atom stereocenters. The smallest absolute Gasteiger partial charge is 0.258 e. The fourth-order valence-electron chi connectivity index (χ4n) is 2.86. The number of aryl methyl sites for hydroxylation is 1. The van der Waals surface area contributed by atoms with Crippen LogP contribution in [-0.2, 0) is 24.9 Å². The van der Waals surface area contributed by atoms with E-state index >= 15 is 0 Å². The number of ketones is 1. The molecule has 6 nitrogen and oxygen atoms in total. The van der Waals surface area contributed by atoms with E-state index in [1.54, 1.807) is 14.0 Å². The summed E-state index contributed by atoms with van der Waals surface area (Å²) in [6, 6.07) is 5.25. The Hall–Kier alpha value is -2.83. The number of carbonyl (C=O) groups is 2. The summed E-state index contributed by atoms with van der Waals surface area (Å²) in [5.74, 6) is -0.223. The fourth-order valence-corrected chi connectivity index (χ4v) is 2.86. The highest BCUT2D eigenvalue weighted by Gasteiger charge is 2.28. The third kappa shape index (κ3) is 3.35. The van der Waals surface area contributed by atoms with Crippen LogP contribution in [0.25, 0.3) is 0 Å². The van der Waals surface area contributed by atoms with Crippen LogP contribution in [-0.4, -0.2) is 26.1 Å². The molecule has 1 amide bonds. The molecule has 1 aliphatic rings. The minimum Gasteiger partial charge on any atom is -0.332 e. The van der Waals surface area contributed by atoms with Crippen molar-refractivity contribution < 1.29 is 14.0 Å². The lowest BCUT2D eigenvalue weighted by atomic mass is 10.1. The molecular weight excluding hydrogens is 325 g/mol. The van der Waals surface area contributed by atoms with Crippen molar-refractivity contribution in [1.82, 2.24) is 14.5 Å². The number of hydrogen-bond acceptors (Lipinski definition) is 4. The molecule has 0 spiro atoms. The lowest BCUT2D eigenvalue weighted by Crippen LogP contribution is -2.27. The molecule has 1 aliphatic heterocycles. The Balaban J connectivity index is 1.63. The van der Waals surface area contributed by atoms with Gasteiger partial charge in [0.05, 0.1) is 24.3 Å². The van der Waals surface area contributed by atoms with E-state index in [2.05, 4.69) is 4.98 Å². The highest BCUT2D eigenvalue weighted by Crippen LogP contribution is 2.19. The van der Waals surface area contributed by atoms with Gasteiger partial charge in [-0.05, 0) is 31.2 Å². The largest absolute Gasteiger partial charge is 0.332 e. The van der Waals surface area contributed by atoms with Gasteiger partial charge >= 0.3 is 0 Å². The summed E-state index contributed by atoms with van der Waals surface area (Å²) in [6.07, 6.45) is 0.0886. The third-order valence-corrected chi connectivity index (χ3v) is 4.47. The molecule has 0 saturated heterocycles. The van der Waals surface area contributed by atoms with Crippen LogP contribution in [0.2, 0.25) is 0 Å². The van der Waals surface area contributed by atoms with Gasteiger partial charge in [-0.2, -0.15) is 0 Å². The predicted octanol–water partition coefficient (Wildman–Crippen LogP) is 1.73. The topological polar surface area (TPSA) is 72.3 Å². The minimum atomic E-state index is -0.410. The Morgan fingerprint density at radius 1 is 1.16 bits per heavy atom. The van der Waals surface area contributed by atoms with Gasteiger partial charge in [0.2, 0.25) is 5.91 Å². The first-order valence-corrected chi connectivity index (χ1v) is 7.98. The van der Waals surface area contributed by atoms with Gasteiger partial charge in [-0.1, -0.05) is 0 Å². The molecule has 7 heteroatoms. The minimum absolute atomic E-state index is 0.0434. The van der Waals surface area contributed by atoms with E-state index in [-0.39, 0.29) is 43.2 Å². The second-order valence-electron chi connectivity index (χ2n) is 6.13. The van der Waals surface area contributed by atoms with Crippen molar-refractivity contribution >= 4 is 11.7 Å². The Morgan fingerprint density at radius 2 is 1.84 bits per heavy atom. The second-order valence-corrected chi connectivity index (χ2v) is 6.13. The zero-order chi connectivity index (χ0) is 18.1. The second kappa shape index (κ2) is 6.58. The summed E-state index contributed by atoms with van der Waals surface area (Å²) in [5.41, 5.74) is 1.40. The molecule has 0 bridgehead atoms. The first-order chi connectivity index (χ1) is 11.9. The molecule has 130 valence electrons. The molecule has 0 aliphatic carbocycles. The SMILES string of the molecule is Cc1nc2c(c(=O)n1C)CN(C(=O)CCC(=O)c1ccc(F)cc1)C2. The van der Waals surface area contributed by atoms with Crippen molar-refractivity contribution in [3.8, 4) is 0 Å². The number of aromatic nitrogens is 2. The zero-order valence-electron chi connectivity index (χ0n) is 14.1. The lowest BCUT2D eigenvalue weighted by Gasteiger charge is -2.14. The number of halogens is 1. The number of amides is 1. The van der Waals surface area contributed by atoms with Gasteiger partial charge in [0.1, 0.15) is 11.6 Å². The molecule has 25 heavy (non-hydrogen) atoms. The van der Waals surface area contributed by atoms with Crippen LogP contribution in [0, 0.1) is 12.7 Å². The van der Waals surface area contributed by atoms with Crippen molar-refractivity contribution in [2.45, 2.75) is 32.9 Å². The Kier molecular flexibility index (Phi) is 4.48. The molecule has 2 aromatic rings. The van der Waals surface area contributed by atoms with Crippen LogP contribution >= 0.6 is 0 Å². The third-order valence-electron chi connectivity index (χ3n) is 4.47. The summed E-state index contributed by atoms with van der Waals surface area (Å²) < 4.78 is 14.3. The maximum absolute atomic E-state index is 12.9. The molecule has 1 aromatic carbocycles. The summed E-state index contributed by atoms with van der Waals surface area (Å²) >= 11 is 0. The van der Waals surface area contributed by atoms with Gasteiger partial charge in [0.15, 0.2) is 5.78 Å². The van der Waals surface area contributed by atoms with Crippen LogP contribution in [0.3, 0.4) is 0 Å². The first-order valence-electron chi connectivity index (χ1n) is 7.98. The van der Waals surface area contributed by atoms with Gasteiger partial charge in [0.25, 0.3) is 5.56 Å². The molecule has 0 fully saturated rings. The molecule has 3 rings (SSSR count). The molecule has 0 saturated carbocycles. The maximum atomic E-state index is 12.9. The number of carbonyl (C=O) groups excluding carboxylic acids is 2. The summed E-state index contributed by atoms with van der Waals surface area (Å²) in [7, 11) is 1.65. The van der Waals surface area contributed by atoms with Crippen molar-refractivity contribution in [3.05, 3.63) is 63.1 Å². The molecule has 0 N–H and O–H groups in total. The number of benzene rings is 1. The monoisotopic (exact) mass is 343 g/mol. The van der Waals surface area contributed by atoms with E-state index in [4.69, 9.17) is 0 Å². The quantitative estimate of drug-likeness (QED) is 0.793. The summed E-state index contributed by atoms with van der Waals surface area (Å²) in [5, 5.41) is 0. The van der Waals surface area contributed by atoms with Crippen molar-refractivity contribution in [3.63, 3.8) is 0 Å². The average Bonchev–Trinajstić information content (AvgIpc) is 3.02. The van der Waals surface area contributed by atoms with Gasteiger partial charge in [0, 0.05) is 25.5 Å². The van der Waals surface area contributed by atoms with E-state index in [9.17, 15) is 18.8 Å². The number of rotatable bonds is 4. The number of hydrogen-bond donors (Lipinski definition) is 0. The van der Waals surface area contributed by atoms with Crippen LogP contribution in [0.1, 0.15) is 40.3 Å². The molecule has 0 radical (unpaired) electrons. The highest BCUT2D eigenvalue weighted by atomic mass is 19.1. The number of Topliss-reactive ketones (excluding diaryl/α,β-unsaturated/α-hetero) is 1. The van der Waals surface area contributed by atoms with Gasteiger partial charge in [-0.25, -0.2) is 9.37 Å². The maximum Gasteiger partial charge on any atom is 0.258 e. The van der Waals surface area contributed by atoms with Gasteiger partial charge in [-0.15, -0.1) is 0 Å². The first kappa shape index (κ1) is 17.0. The van der Waals surface area contributed by atoms with Crippen LogP contribution in [0.5, 0.6) is 0 Å². The lowest BCUT2D eigenvalue weighted by molar-refractivity contribution is -0.131. The van der Waals surface area contributed by atoms with Crippen LogP contribution < -0.4 is 5.56 Å². The number of nitrogens with zero attached hydrogens (tertiary/aromatic N) is 3. The summed E-state index contributed by atoms with van der Waals surface area (Å²) in [4.78, 5) is 42.6. The van der Waals surface area contributed by atoms with Gasteiger partial charge in [-0.3, -0.25) is 19.0 Å². The van der Waals surface area contributed by atoms with E-state index in [0.717, 1.165) is 0 Å². The van der Waals surface area contributed by atoms with Crippen LogP contribution in [0.15, 0.2) is 29.1 Å².